The summed E-state index contributed by atoms with van der Waals surface area (Å²) in [5.41, 5.74) is 0.303. The van der Waals surface area contributed by atoms with E-state index >= 15 is 0 Å². The number of piperidine rings is 1. The summed E-state index contributed by atoms with van der Waals surface area (Å²) in [5, 5.41) is 20.2. The van der Waals surface area contributed by atoms with Crippen LogP contribution in [-0.2, 0) is 25.5 Å². The molecular formula is C38H57ClN4O6. The third kappa shape index (κ3) is 10.1. The van der Waals surface area contributed by atoms with Crippen molar-refractivity contribution in [3.05, 3.63) is 34.9 Å². The van der Waals surface area contributed by atoms with Gasteiger partial charge in [-0.05, 0) is 80.9 Å². The first-order valence-electron chi connectivity index (χ1n) is 18.6. The maximum absolute atomic E-state index is 13.8. The summed E-state index contributed by atoms with van der Waals surface area (Å²) in [4.78, 5) is 54.9. The van der Waals surface area contributed by atoms with E-state index in [1.165, 1.54) is 6.42 Å². The van der Waals surface area contributed by atoms with Crippen LogP contribution in [0.15, 0.2) is 24.3 Å². The van der Waals surface area contributed by atoms with E-state index in [1.54, 1.807) is 0 Å². The van der Waals surface area contributed by atoms with Gasteiger partial charge in [0, 0.05) is 41.0 Å². The third-order valence-corrected chi connectivity index (χ3v) is 11.6. The van der Waals surface area contributed by atoms with Crippen molar-refractivity contribution in [3.63, 3.8) is 0 Å². The molecule has 2 saturated carbocycles. The van der Waals surface area contributed by atoms with E-state index < -0.39 is 29.6 Å². The van der Waals surface area contributed by atoms with Crippen molar-refractivity contribution in [2.24, 2.45) is 23.2 Å². The number of carbonyl (C=O) groups is 4. The number of halogens is 1. The van der Waals surface area contributed by atoms with Gasteiger partial charge < -0.3 is 30.7 Å². The molecule has 49 heavy (non-hydrogen) atoms. The average Bonchev–Trinajstić information content (AvgIpc) is 3.62. The number of aliphatic hydroxyl groups excluding tert-OH is 1. The van der Waals surface area contributed by atoms with Crippen LogP contribution in [0.2, 0.25) is 5.02 Å². The molecule has 4 fully saturated rings. The number of carbonyl (C=O) groups excluding carboxylic acids is 4. The molecule has 1 aromatic carbocycles. The molecule has 11 heteroatoms. The summed E-state index contributed by atoms with van der Waals surface area (Å²) in [6.07, 6.45) is 10.1. The second-order valence-electron chi connectivity index (χ2n) is 16.2. The molecule has 4 N–H and O–H groups in total. The first-order chi connectivity index (χ1) is 23.3. The lowest BCUT2D eigenvalue weighted by molar-refractivity contribution is -0.141. The number of rotatable bonds is 11. The van der Waals surface area contributed by atoms with Gasteiger partial charge in [-0.1, -0.05) is 83.0 Å². The Morgan fingerprint density at radius 3 is 2.47 bits per heavy atom. The van der Waals surface area contributed by atoms with E-state index in [9.17, 15) is 24.3 Å². The fourth-order valence-electron chi connectivity index (χ4n) is 8.61. The Morgan fingerprint density at radius 1 is 1.06 bits per heavy atom. The molecule has 0 aromatic heterocycles. The monoisotopic (exact) mass is 700 g/mol. The summed E-state index contributed by atoms with van der Waals surface area (Å²) in [5.74, 6) is -0.232. The predicted molar refractivity (Wildman–Crippen MR) is 189 cm³/mol. The van der Waals surface area contributed by atoms with Gasteiger partial charge in [0.2, 0.25) is 11.8 Å². The molecule has 2 aliphatic heterocycles. The third-order valence-electron chi connectivity index (χ3n) is 11.3. The Hall–Kier alpha value is -2.85. The van der Waals surface area contributed by atoms with Crippen molar-refractivity contribution in [2.75, 3.05) is 19.7 Å². The second-order valence-corrected chi connectivity index (χ2v) is 16.7. The zero-order valence-electron chi connectivity index (χ0n) is 29.6. The lowest BCUT2D eigenvalue weighted by atomic mass is 9.81. The van der Waals surface area contributed by atoms with E-state index in [0.29, 0.717) is 43.8 Å². The lowest BCUT2D eigenvalue weighted by Gasteiger charge is -2.41. The fourth-order valence-corrected chi connectivity index (χ4v) is 8.83. The van der Waals surface area contributed by atoms with E-state index in [1.807, 2.05) is 43.9 Å². The highest BCUT2D eigenvalue weighted by Crippen LogP contribution is 2.37. The number of hydrogen-bond donors (Lipinski definition) is 4. The molecule has 5 atom stereocenters. The summed E-state index contributed by atoms with van der Waals surface area (Å²) in [6.45, 7) is 6.61. The fraction of sp³-hybridized carbons (Fsp3) is 0.737. The van der Waals surface area contributed by atoms with E-state index in [-0.39, 0.29) is 54.2 Å². The van der Waals surface area contributed by atoms with Crippen LogP contribution in [0.4, 0.5) is 4.79 Å². The van der Waals surface area contributed by atoms with Gasteiger partial charge in [0.1, 0.15) is 0 Å². The molecule has 2 unspecified atom stereocenters. The number of alkyl carbamates (subject to hydrolysis) is 1. The number of benzene rings is 1. The van der Waals surface area contributed by atoms with E-state index in [2.05, 4.69) is 22.0 Å². The molecule has 4 aliphatic rings. The molecule has 1 aromatic rings. The van der Waals surface area contributed by atoms with E-state index in [0.717, 1.165) is 56.9 Å². The van der Waals surface area contributed by atoms with Gasteiger partial charge in [0.15, 0.2) is 6.10 Å². The number of hydrogen-bond acceptors (Lipinski definition) is 6. The predicted octanol–water partition coefficient (Wildman–Crippen LogP) is 5.53. The van der Waals surface area contributed by atoms with Gasteiger partial charge in [0.05, 0.1) is 12.6 Å². The minimum atomic E-state index is -0.988. The summed E-state index contributed by atoms with van der Waals surface area (Å²) < 4.78 is 5.90. The number of ether oxygens (including phenoxy) is 1. The van der Waals surface area contributed by atoms with Gasteiger partial charge >= 0.3 is 6.09 Å². The van der Waals surface area contributed by atoms with Gasteiger partial charge in [0.25, 0.3) is 5.91 Å². The molecule has 0 radical (unpaired) electrons. The number of aliphatic hydroxyl groups is 1. The number of nitrogens with one attached hydrogen (secondary N) is 3. The zero-order valence-corrected chi connectivity index (χ0v) is 30.4. The van der Waals surface area contributed by atoms with Crippen molar-refractivity contribution in [2.45, 2.75) is 134 Å². The molecular weight excluding hydrogens is 644 g/mol. The summed E-state index contributed by atoms with van der Waals surface area (Å²) >= 11 is 6.20. The van der Waals surface area contributed by atoms with Crippen molar-refractivity contribution >= 4 is 35.4 Å². The second kappa shape index (κ2) is 16.4. The van der Waals surface area contributed by atoms with Crippen molar-refractivity contribution in [1.82, 2.24) is 20.9 Å². The van der Waals surface area contributed by atoms with Crippen LogP contribution >= 0.6 is 11.6 Å². The Bertz CT molecular complexity index is 1320. The van der Waals surface area contributed by atoms with Crippen LogP contribution in [0.3, 0.4) is 0 Å². The van der Waals surface area contributed by atoms with Gasteiger partial charge in [-0.15, -0.1) is 0 Å². The van der Waals surface area contributed by atoms with Crippen LogP contribution in [0, 0.1) is 23.2 Å². The maximum Gasteiger partial charge on any atom is 0.408 e. The Labute approximate surface area is 296 Å². The molecule has 1 spiro atoms. The minimum absolute atomic E-state index is 0.0540. The van der Waals surface area contributed by atoms with Crippen molar-refractivity contribution in [3.8, 4) is 0 Å². The van der Waals surface area contributed by atoms with Crippen LogP contribution in [-0.4, -0.2) is 77.2 Å². The largest absolute Gasteiger partial charge is 0.436 e. The summed E-state index contributed by atoms with van der Waals surface area (Å²) in [6, 6.07) is 7.10. The van der Waals surface area contributed by atoms with Crippen LogP contribution in [0.1, 0.15) is 110 Å². The smallest absolute Gasteiger partial charge is 0.408 e. The quantitative estimate of drug-likeness (QED) is 0.240. The highest BCUT2D eigenvalue weighted by atomic mass is 35.5. The molecule has 4 amide bonds. The van der Waals surface area contributed by atoms with Gasteiger partial charge in [-0.25, -0.2) is 4.79 Å². The van der Waals surface area contributed by atoms with Gasteiger partial charge in [-0.3, -0.25) is 14.4 Å². The summed E-state index contributed by atoms with van der Waals surface area (Å²) in [7, 11) is 0. The van der Waals surface area contributed by atoms with Crippen molar-refractivity contribution < 1.29 is 29.0 Å². The van der Waals surface area contributed by atoms with Crippen LogP contribution < -0.4 is 16.0 Å². The van der Waals surface area contributed by atoms with Gasteiger partial charge in [-0.2, -0.15) is 0 Å². The molecule has 10 nitrogen and oxygen atoms in total. The average molecular weight is 701 g/mol. The van der Waals surface area contributed by atoms with Crippen LogP contribution in [0.25, 0.3) is 0 Å². The maximum atomic E-state index is 13.8. The Kier molecular flexibility index (Phi) is 12.6. The molecule has 2 saturated heterocycles. The Morgan fingerprint density at radius 2 is 1.80 bits per heavy atom. The normalized spacial score (nSPS) is 25.4. The molecule has 272 valence electrons. The minimum Gasteiger partial charge on any atom is -0.436 e. The first kappa shape index (κ1) is 37.4. The lowest BCUT2D eigenvalue weighted by Crippen LogP contribution is -2.53. The molecule has 5 rings (SSSR count). The standard InChI is InChI=1S/C38H57ClN4O6/c1-37(2,3)35(47)43-17-15-38(16-18-43)23-28(33(45)42-38)22-30(24-44)40-34(46)32(21-25-9-5-4-6-10-25)49-36(48)41-31-14-8-12-27(31)19-26-11-7-13-29(39)20-26/h7,11,13,20,25,27-28,30-32,44H,4-6,8-10,12,14-19,21-24H2,1-3H3,(H,40,46)(H,41,48)(H,42,45)/t27?,28-,30-,31?,32-/m0/s1. The van der Waals surface area contributed by atoms with E-state index in [4.69, 9.17) is 16.3 Å². The molecule has 2 aliphatic carbocycles. The SMILES string of the molecule is CC(C)(C)C(=O)N1CCC2(CC1)C[C@H](C[C@@H](CO)NC(=O)[C@H](CC1CCCCC1)OC(=O)NC1CCCC1Cc1cccc(Cl)c1)C(=O)N2. The highest BCUT2D eigenvalue weighted by molar-refractivity contribution is 6.30. The molecule has 0 bridgehead atoms. The van der Waals surface area contributed by atoms with Crippen molar-refractivity contribution in [1.29, 1.82) is 0 Å². The van der Waals surface area contributed by atoms with Crippen LogP contribution in [0.5, 0.6) is 0 Å². The zero-order chi connectivity index (χ0) is 35.2. The topological polar surface area (TPSA) is 137 Å². The Balaban J connectivity index is 1.17. The number of amides is 4. The molecule has 2 heterocycles. The highest BCUT2D eigenvalue weighted by Gasteiger charge is 2.47. The first-order valence-corrected chi connectivity index (χ1v) is 19.0. The number of likely N-dealkylation sites (tertiary alicyclic amines) is 1. The number of nitrogens with zero attached hydrogens (tertiary/aromatic N) is 1.